The maximum Gasteiger partial charge on any atom is 0.0611 e. The van der Waals surface area contributed by atoms with Crippen molar-refractivity contribution < 1.29 is 9.94 Å². The average Bonchev–Trinajstić information content (AvgIpc) is 2.68. The van der Waals surface area contributed by atoms with Gasteiger partial charge in [0, 0.05) is 17.7 Å². The van der Waals surface area contributed by atoms with Crippen molar-refractivity contribution in [2.24, 2.45) is 0 Å². The van der Waals surface area contributed by atoms with Gasteiger partial charge in [-0.15, -0.1) is 0 Å². The highest BCUT2D eigenvalue weighted by Crippen LogP contribution is 2.37. The lowest BCUT2D eigenvalue weighted by Gasteiger charge is -2.51. The van der Waals surface area contributed by atoms with Crippen LogP contribution in [0.1, 0.15) is 150 Å². The molecule has 1 saturated heterocycles. The third-order valence-electron chi connectivity index (χ3n) is 6.95. The molecule has 1 aliphatic heterocycles. The quantitative estimate of drug-likeness (QED) is 0.223. The molecule has 0 aliphatic carbocycles. The Bertz CT molecular complexity index is 390. The summed E-state index contributed by atoms with van der Waals surface area (Å²) >= 11 is 0. The Morgan fingerprint density at radius 3 is 1.33 bits per heavy atom. The largest absolute Gasteiger partial charge is 0.378 e. The zero-order valence-corrected chi connectivity index (χ0v) is 21.3. The smallest absolute Gasteiger partial charge is 0.0611 e. The summed E-state index contributed by atoms with van der Waals surface area (Å²) in [6.07, 6.45) is 24.5. The summed E-state index contributed by atoms with van der Waals surface area (Å²) in [5, 5.41) is 11.9. The predicted octanol–water partition coefficient (Wildman–Crippen LogP) is 8.68. The fraction of sp³-hybridized carbons (Fsp3) is 1.00. The number of hydrogen-bond donors (Lipinski definition) is 1. The van der Waals surface area contributed by atoms with Crippen LogP contribution in [0.2, 0.25) is 0 Å². The molecule has 1 aliphatic rings. The van der Waals surface area contributed by atoms with Gasteiger partial charge in [-0.05, 0) is 47.0 Å². The van der Waals surface area contributed by atoms with E-state index in [1.54, 1.807) is 0 Å². The summed E-state index contributed by atoms with van der Waals surface area (Å²) in [7, 11) is 0. The second-order valence-electron chi connectivity index (χ2n) is 11.1. The summed E-state index contributed by atoms with van der Waals surface area (Å²) in [4.78, 5) is 0. The number of hydrogen-bond acceptors (Lipinski definition) is 3. The highest BCUT2D eigenvalue weighted by Gasteiger charge is 2.45. The molecule has 0 amide bonds. The van der Waals surface area contributed by atoms with E-state index in [1.807, 2.05) is 0 Å². The van der Waals surface area contributed by atoms with Crippen molar-refractivity contribution in [3.05, 3.63) is 0 Å². The Morgan fingerprint density at radius 2 is 0.967 bits per heavy atom. The number of unbranched alkanes of at least 4 members (excludes halogenated alkanes) is 15. The summed E-state index contributed by atoms with van der Waals surface area (Å²) < 4.78 is 6.18. The van der Waals surface area contributed by atoms with Gasteiger partial charge in [0.2, 0.25) is 0 Å². The molecule has 0 unspecified atom stereocenters. The molecule has 1 fully saturated rings. The Morgan fingerprint density at radius 1 is 0.633 bits per heavy atom. The van der Waals surface area contributed by atoms with Crippen LogP contribution in [0.3, 0.4) is 0 Å². The Kier molecular flexibility index (Phi) is 14.6. The van der Waals surface area contributed by atoms with Crippen molar-refractivity contribution in [1.82, 2.24) is 5.06 Å². The van der Waals surface area contributed by atoms with Crippen LogP contribution in [0.4, 0.5) is 0 Å². The maximum atomic E-state index is 10.4. The van der Waals surface area contributed by atoms with E-state index in [0.29, 0.717) is 0 Å². The number of ether oxygens (including phenoxy) is 1. The van der Waals surface area contributed by atoms with Gasteiger partial charge in [-0.25, -0.2) is 0 Å². The van der Waals surface area contributed by atoms with Crippen LogP contribution < -0.4 is 0 Å². The monoisotopic (exact) mass is 425 g/mol. The first kappa shape index (κ1) is 27.9. The van der Waals surface area contributed by atoms with Crippen LogP contribution in [0.25, 0.3) is 0 Å². The number of nitrogens with zero attached hydrogens (tertiary/aromatic N) is 1. The lowest BCUT2D eigenvalue weighted by atomic mass is 9.80. The number of piperidine rings is 1. The molecule has 0 aromatic carbocycles. The second kappa shape index (κ2) is 15.6. The van der Waals surface area contributed by atoms with Crippen LogP contribution in [-0.2, 0) is 4.74 Å². The third-order valence-corrected chi connectivity index (χ3v) is 6.95. The standard InChI is InChI=1S/C27H55NO2/c1-6-7-8-9-10-11-12-13-14-15-16-17-18-19-20-21-22-30-25-23-26(2,3)28(29)27(4,5)24-25/h25,29H,6-24H2,1-5H3. The first-order valence-electron chi connectivity index (χ1n) is 13.4. The fourth-order valence-electron chi connectivity index (χ4n) is 5.20. The average molecular weight is 426 g/mol. The van der Waals surface area contributed by atoms with Gasteiger partial charge in [0.15, 0.2) is 0 Å². The van der Waals surface area contributed by atoms with E-state index in [4.69, 9.17) is 4.74 Å². The fourth-order valence-corrected chi connectivity index (χ4v) is 5.20. The van der Waals surface area contributed by atoms with Crippen molar-refractivity contribution in [3.63, 3.8) is 0 Å². The topological polar surface area (TPSA) is 32.7 Å². The Hall–Kier alpha value is -0.120. The minimum atomic E-state index is -0.207. The zero-order valence-electron chi connectivity index (χ0n) is 21.3. The van der Waals surface area contributed by atoms with Gasteiger partial charge >= 0.3 is 0 Å². The minimum Gasteiger partial charge on any atom is -0.378 e. The van der Waals surface area contributed by atoms with E-state index < -0.39 is 0 Å². The Balaban J connectivity index is 1.86. The first-order valence-corrected chi connectivity index (χ1v) is 13.4. The number of rotatable bonds is 18. The molecule has 1 rings (SSSR count). The molecule has 0 spiro atoms. The van der Waals surface area contributed by atoms with Crippen LogP contribution in [0.5, 0.6) is 0 Å². The van der Waals surface area contributed by atoms with E-state index in [0.717, 1.165) is 19.4 Å². The molecular formula is C27H55NO2. The van der Waals surface area contributed by atoms with Crippen LogP contribution in [0, 0.1) is 0 Å². The van der Waals surface area contributed by atoms with Crippen LogP contribution in [0.15, 0.2) is 0 Å². The molecule has 0 saturated carbocycles. The van der Waals surface area contributed by atoms with Crippen molar-refractivity contribution in [2.45, 2.75) is 167 Å². The molecule has 180 valence electrons. The van der Waals surface area contributed by atoms with Crippen molar-refractivity contribution >= 4 is 0 Å². The summed E-state index contributed by atoms with van der Waals surface area (Å²) in [6.45, 7) is 11.6. The van der Waals surface area contributed by atoms with E-state index >= 15 is 0 Å². The van der Waals surface area contributed by atoms with Crippen molar-refractivity contribution in [1.29, 1.82) is 0 Å². The van der Waals surface area contributed by atoms with Gasteiger partial charge < -0.3 is 9.94 Å². The summed E-state index contributed by atoms with van der Waals surface area (Å²) in [5.41, 5.74) is -0.415. The Labute approximate surface area is 189 Å². The lowest BCUT2D eigenvalue weighted by Crippen LogP contribution is -2.60. The minimum absolute atomic E-state index is 0.207. The molecule has 0 bridgehead atoms. The predicted molar refractivity (Wildman–Crippen MR) is 130 cm³/mol. The van der Waals surface area contributed by atoms with Gasteiger partial charge in [-0.2, -0.15) is 5.06 Å². The normalized spacial score (nSPS) is 19.4. The lowest BCUT2D eigenvalue weighted by molar-refractivity contribution is -0.261. The van der Waals surface area contributed by atoms with Gasteiger partial charge in [-0.1, -0.05) is 103 Å². The van der Waals surface area contributed by atoms with Gasteiger partial charge in [-0.3, -0.25) is 0 Å². The van der Waals surface area contributed by atoms with Crippen molar-refractivity contribution in [3.8, 4) is 0 Å². The van der Waals surface area contributed by atoms with E-state index in [1.165, 1.54) is 108 Å². The molecular weight excluding hydrogens is 370 g/mol. The molecule has 0 atom stereocenters. The van der Waals surface area contributed by atoms with Gasteiger partial charge in [0.25, 0.3) is 0 Å². The van der Waals surface area contributed by atoms with E-state index in [-0.39, 0.29) is 17.2 Å². The molecule has 1 heterocycles. The molecule has 0 aromatic rings. The summed E-state index contributed by atoms with van der Waals surface area (Å²) in [6, 6.07) is 0. The highest BCUT2D eigenvalue weighted by atomic mass is 16.5. The molecule has 3 nitrogen and oxygen atoms in total. The molecule has 0 aromatic heterocycles. The zero-order chi connectivity index (χ0) is 22.3. The van der Waals surface area contributed by atoms with Gasteiger partial charge in [0.05, 0.1) is 6.10 Å². The second-order valence-corrected chi connectivity index (χ2v) is 11.1. The highest BCUT2D eigenvalue weighted by molar-refractivity contribution is 4.96. The molecule has 0 radical (unpaired) electrons. The SMILES string of the molecule is CCCCCCCCCCCCCCCCCCOC1CC(C)(C)N(O)C(C)(C)C1. The first-order chi connectivity index (χ1) is 14.3. The van der Waals surface area contributed by atoms with Crippen LogP contribution >= 0.6 is 0 Å². The van der Waals surface area contributed by atoms with Gasteiger partial charge in [0.1, 0.15) is 0 Å². The van der Waals surface area contributed by atoms with Crippen molar-refractivity contribution in [2.75, 3.05) is 6.61 Å². The molecule has 3 heteroatoms. The van der Waals surface area contributed by atoms with Crippen LogP contribution in [-0.4, -0.2) is 34.1 Å². The van der Waals surface area contributed by atoms with E-state index in [9.17, 15) is 5.21 Å². The summed E-state index contributed by atoms with van der Waals surface area (Å²) in [5.74, 6) is 0. The van der Waals surface area contributed by atoms with E-state index in [2.05, 4.69) is 34.6 Å². The maximum absolute atomic E-state index is 10.4. The molecule has 1 N–H and O–H groups in total. The molecule has 30 heavy (non-hydrogen) atoms. The third kappa shape index (κ3) is 12.1. The number of hydroxylamine groups is 2.